The molecule has 1 heterocycles. The van der Waals surface area contributed by atoms with Gasteiger partial charge in [0.1, 0.15) is 24.5 Å². The molecule has 2 unspecified atom stereocenters. The fourth-order valence-corrected chi connectivity index (χ4v) is 1.83. The molecule has 112 valence electrons. The van der Waals surface area contributed by atoms with Gasteiger partial charge in [0.05, 0.1) is 5.92 Å². The van der Waals surface area contributed by atoms with E-state index in [1.54, 1.807) is 6.92 Å². The molecule has 0 aliphatic carbocycles. The first-order chi connectivity index (χ1) is 9.89. The maximum absolute atomic E-state index is 12.0. The standard InChI is InChI=1S/C13H12F3N3O2/c1-8-11(6-20)12(18-7-17-8)19-9-2-4-10(5-3-9)21-13(14,15)16/h2-7,11-12,19H,1H3. The molecule has 2 rings (SSSR count). The average molecular weight is 299 g/mol. The first-order valence-electron chi connectivity index (χ1n) is 6.02. The molecule has 1 aromatic carbocycles. The Hall–Kier alpha value is -2.38. The number of nitrogens with one attached hydrogen (secondary N) is 1. The Morgan fingerprint density at radius 1 is 1.29 bits per heavy atom. The number of carbonyl (C=O) groups excluding carboxylic acids is 1. The second-order valence-electron chi connectivity index (χ2n) is 4.36. The van der Waals surface area contributed by atoms with E-state index in [1.165, 1.54) is 30.6 Å². The molecule has 0 amide bonds. The molecule has 0 spiro atoms. The van der Waals surface area contributed by atoms with Crippen molar-refractivity contribution in [3.63, 3.8) is 0 Å². The molecule has 0 aromatic heterocycles. The van der Waals surface area contributed by atoms with Crippen LogP contribution in [-0.2, 0) is 4.79 Å². The zero-order valence-electron chi connectivity index (χ0n) is 11.0. The minimum Gasteiger partial charge on any atom is -0.406 e. The van der Waals surface area contributed by atoms with Crippen LogP contribution in [0.5, 0.6) is 5.75 Å². The maximum Gasteiger partial charge on any atom is 0.573 e. The van der Waals surface area contributed by atoms with Crippen LogP contribution in [0.25, 0.3) is 0 Å². The van der Waals surface area contributed by atoms with Crippen molar-refractivity contribution >= 4 is 24.0 Å². The number of nitrogens with zero attached hydrogens (tertiary/aromatic N) is 2. The highest BCUT2D eigenvalue weighted by atomic mass is 19.4. The molecule has 5 nitrogen and oxygen atoms in total. The summed E-state index contributed by atoms with van der Waals surface area (Å²) >= 11 is 0. The highest BCUT2D eigenvalue weighted by Crippen LogP contribution is 2.25. The van der Waals surface area contributed by atoms with E-state index >= 15 is 0 Å². The summed E-state index contributed by atoms with van der Waals surface area (Å²) in [6, 6.07) is 5.19. The minimum absolute atomic E-state index is 0.315. The van der Waals surface area contributed by atoms with Crippen LogP contribution in [0.3, 0.4) is 0 Å². The lowest BCUT2D eigenvalue weighted by atomic mass is 10.0. The summed E-state index contributed by atoms with van der Waals surface area (Å²) in [6.07, 6.45) is -3.18. The number of aldehydes is 1. The van der Waals surface area contributed by atoms with Crippen LogP contribution >= 0.6 is 0 Å². The van der Waals surface area contributed by atoms with Crippen LogP contribution in [0, 0.1) is 5.92 Å². The van der Waals surface area contributed by atoms with Crippen molar-refractivity contribution in [1.82, 2.24) is 0 Å². The van der Waals surface area contributed by atoms with E-state index in [4.69, 9.17) is 0 Å². The van der Waals surface area contributed by atoms with E-state index in [0.717, 1.165) is 6.29 Å². The van der Waals surface area contributed by atoms with E-state index in [-0.39, 0.29) is 5.75 Å². The molecule has 2 atom stereocenters. The van der Waals surface area contributed by atoms with Gasteiger partial charge in [0, 0.05) is 11.4 Å². The van der Waals surface area contributed by atoms with E-state index in [0.29, 0.717) is 11.4 Å². The summed E-state index contributed by atoms with van der Waals surface area (Å²) < 4.78 is 39.9. The van der Waals surface area contributed by atoms with Gasteiger partial charge in [-0.3, -0.25) is 0 Å². The molecule has 1 N–H and O–H groups in total. The van der Waals surface area contributed by atoms with Crippen molar-refractivity contribution < 1.29 is 22.7 Å². The molecule has 8 heteroatoms. The van der Waals surface area contributed by atoms with Crippen LogP contribution < -0.4 is 10.1 Å². The van der Waals surface area contributed by atoms with Gasteiger partial charge < -0.3 is 14.8 Å². The third kappa shape index (κ3) is 4.04. The molecule has 0 saturated carbocycles. The zero-order chi connectivity index (χ0) is 15.5. The Balaban J connectivity index is 2.05. The second kappa shape index (κ2) is 5.94. The first-order valence-corrected chi connectivity index (χ1v) is 6.02. The lowest BCUT2D eigenvalue weighted by Gasteiger charge is -2.23. The van der Waals surface area contributed by atoms with Gasteiger partial charge in [0.15, 0.2) is 0 Å². The predicted octanol–water partition coefficient (Wildman–Crippen LogP) is 2.64. The smallest absolute Gasteiger partial charge is 0.406 e. The Bertz CT molecular complexity index is 567. The number of ether oxygens (including phenoxy) is 1. The molecule has 21 heavy (non-hydrogen) atoms. The normalized spacial score (nSPS) is 21.6. The van der Waals surface area contributed by atoms with E-state index in [1.807, 2.05) is 0 Å². The average Bonchev–Trinajstić information content (AvgIpc) is 2.40. The summed E-state index contributed by atoms with van der Waals surface area (Å²) in [6.45, 7) is 1.71. The van der Waals surface area contributed by atoms with Crippen LogP contribution in [-0.4, -0.2) is 30.9 Å². The molecule has 1 aromatic rings. The zero-order valence-corrected chi connectivity index (χ0v) is 11.0. The Kier molecular flexibility index (Phi) is 4.25. The summed E-state index contributed by atoms with van der Waals surface area (Å²) in [7, 11) is 0. The molecule has 0 fully saturated rings. The molecule has 1 aliphatic rings. The number of anilines is 1. The molecule has 1 aliphatic heterocycles. The lowest BCUT2D eigenvalue weighted by molar-refractivity contribution is -0.274. The van der Waals surface area contributed by atoms with Crippen molar-refractivity contribution in [3.8, 4) is 5.75 Å². The molecular formula is C13H12F3N3O2. The van der Waals surface area contributed by atoms with Gasteiger partial charge in [0.2, 0.25) is 0 Å². The van der Waals surface area contributed by atoms with Crippen molar-refractivity contribution in [2.75, 3.05) is 5.32 Å². The summed E-state index contributed by atoms with van der Waals surface area (Å²) in [5, 5.41) is 2.96. The van der Waals surface area contributed by atoms with E-state index in [2.05, 4.69) is 20.0 Å². The number of alkyl halides is 3. The number of benzene rings is 1. The number of rotatable bonds is 4. The van der Waals surface area contributed by atoms with Gasteiger partial charge in [-0.15, -0.1) is 13.2 Å². The van der Waals surface area contributed by atoms with E-state index in [9.17, 15) is 18.0 Å². The number of halogens is 3. The van der Waals surface area contributed by atoms with E-state index < -0.39 is 18.4 Å². The summed E-state index contributed by atoms with van der Waals surface area (Å²) in [5.74, 6) is -0.828. The van der Waals surface area contributed by atoms with Crippen molar-refractivity contribution in [1.29, 1.82) is 0 Å². The SMILES string of the molecule is CC1=NC=NC(Nc2ccc(OC(F)(F)F)cc2)C1C=O. The quantitative estimate of drug-likeness (QED) is 0.869. The molecular weight excluding hydrogens is 287 g/mol. The van der Waals surface area contributed by atoms with Crippen LogP contribution in [0.4, 0.5) is 18.9 Å². The van der Waals surface area contributed by atoms with Gasteiger partial charge in [-0.2, -0.15) is 0 Å². The number of aliphatic imine (C=N–C) groups is 2. The van der Waals surface area contributed by atoms with Gasteiger partial charge in [-0.05, 0) is 31.2 Å². The first kappa shape index (κ1) is 15.0. The largest absolute Gasteiger partial charge is 0.573 e. The Morgan fingerprint density at radius 2 is 1.95 bits per heavy atom. The monoisotopic (exact) mass is 299 g/mol. The summed E-state index contributed by atoms with van der Waals surface area (Å²) in [4.78, 5) is 19.0. The van der Waals surface area contributed by atoms with Crippen LogP contribution in [0.1, 0.15) is 6.92 Å². The van der Waals surface area contributed by atoms with Gasteiger partial charge in [-0.1, -0.05) is 0 Å². The fourth-order valence-electron chi connectivity index (χ4n) is 1.83. The Morgan fingerprint density at radius 3 is 2.52 bits per heavy atom. The fraction of sp³-hybridized carbons (Fsp3) is 0.308. The molecule has 0 radical (unpaired) electrons. The maximum atomic E-state index is 12.0. The van der Waals surface area contributed by atoms with Crippen molar-refractivity contribution in [2.24, 2.45) is 15.9 Å². The number of carbonyl (C=O) groups is 1. The highest BCUT2D eigenvalue weighted by molar-refractivity contribution is 6.01. The topological polar surface area (TPSA) is 63.1 Å². The van der Waals surface area contributed by atoms with Gasteiger partial charge in [-0.25, -0.2) is 9.98 Å². The highest BCUT2D eigenvalue weighted by Gasteiger charge is 2.31. The number of hydrogen-bond donors (Lipinski definition) is 1. The number of hydrogen-bond acceptors (Lipinski definition) is 5. The van der Waals surface area contributed by atoms with Gasteiger partial charge in [0.25, 0.3) is 0 Å². The third-order valence-electron chi connectivity index (χ3n) is 2.86. The second-order valence-corrected chi connectivity index (χ2v) is 4.36. The predicted molar refractivity (Wildman–Crippen MR) is 71.7 cm³/mol. The Labute approximate surface area is 118 Å². The van der Waals surface area contributed by atoms with Crippen LogP contribution in [0.15, 0.2) is 34.3 Å². The van der Waals surface area contributed by atoms with Crippen molar-refractivity contribution in [2.45, 2.75) is 19.5 Å². The summed E-state index contributed by atoms with van der Waals surface area (Å²) in [5.41, 5.74) is 1.14. The van der Waals surface area contributed by atoms with Crippen molar-refractivity contribution in [3.05, 3.63) is 24.3 Å². The molecule has 0 bridgehead atoms. The third-order valence-corrected chi connectivity index (χ3v) is 2.86. The minimum atomic E-state index is -4.72. The molecule has 0 saturated heterocycles. The lowest BCUT2D eigenvalue weighted by Crippen LogP contribution is -2.35. The van der Waals surface area contributed by atoms with Gasteiger partial charge >= 0.3 is 6.36 Å². The van der Waals surface area contributed by atoms with Crippen LogP contribution in [0.2, 0.25) is 0 Å².